The van der Waals surface area contributed by atoms with Crippen LogP contribution in [0, 0.1) is 0 Å². The first-order valence-corrected chi connectivity index (χ1v) is 19.8. The topological polar surface area (TPSA) is 214 Å². The Hall–Kier alpha value is -5.12. The molecule has 0 saturated heterocycles. The lowest BCUT2D eigenvalue weighted by atomic mass is 10.1. The molecule has 0 aliphatic heterocycles. The molecule has 10 N–H and O–H groups in total. The van der Waals surface area contributed by atoms with Crippen LogP contribution in [0.25, 0.3) is 22.3 Å². The molecule has 0 spiro atoms. The van der Waals surface area contributed by atoms with E-state index in [1.54, 1.807) is 79.4 Å². The van der Waals surface area contributed by atoms with Crippen LogP contribution in [0.15, 0.2) is 97.6 Å². The molecular formula is C42H46Cl4N8O5. The van der Waals surface area contributed by atoms with Crippen molar-refractivity contribution in [1.29, 1.82) is 0 Å². The average Bonchev–Trinajstić information content (AvgIpc) is 3.90. The zero-order valence-corrected chi connectivity index (χ0v) is 35.6. The number of aromatic amines is 2. The number of H-pyrrole nitrogens is 2. The molecule has 312 valence electrons. The molecule has 0 fully saturated rings. The lowest BCUT2D eigenvalue weighted by molar-refractivity contribution is 0.0691. The van der Waals surface area contributed by atoms with Gasteiger partial charge in [-0.3, -0.25) is 4.79 Å². The molecular weight excluding hydrogens is 838 g/mol. The Morgan fingerprint density at radius 1 is 0.695 bits per heavy atom. The SMILES string of the molecule is CC(C)Nc1cc(-c2c[nH]c(C(=O)N[C@H](CO)c3cccc(Cl)c3)c2)c(Cl)cn1.CC(C)Nc1cc(-c2c[nH]c(C(=O)O)c2)c(Cl)cn1.N[C@H](CO)c1cccc(Cl)c1. The number of carboxylic acids is 1. The number of benzene rings is 2. The second kappa shape index (κ2) is 22.3. The van der Waals surface area contributed by atoms with Gasteiger partial charge in [0.15, 0.2) is 0 Å². The number of aliphatic hydroxyl groups excluding tert-OH is 2. The van der Waals surface area contributed by atoms with Crippen molar-refractivity contribution in [2.45, 2.75) is 51.9 Å². The van der Waals surface area contributed by atoms with E-state index in [-0.39, 0.29) is 42.9 Å². The highest BCUT2D eigenvalue weighted by Gasteiger charge is 2.18. The van der Waals surface area contributed by atoms with Crippen LogP contribution in [0.1, 0.15) is 71.9 Å². The van der Waals surface area contributed by atoms with Crippen LogP contribution in [0.5, 0.6) is 0 Å². The van der Waals surface area contributed by atoms with Gasteiger partial charge in [0.2, 0.25) is 0 Å². The molecule has 6 aromatic rings. The number of hydrogen-bond donors (Lipinski definition) is 9. The molecule has 4 heterocycles. The first kappa shape index (κ1) is 46.6. The van der Waals surface area contributed by atoms with E-state index < -0.39 is 12.0 Å². The van der Waals surface area contributed by atoms with E-state index in [1.807, 2.05) is 45.9 Å². The van der Waals surface area contributed by atoms with Gasteiger partial charge >= 0.3 is 5.97 Å². The number of halogens is 4. The van der Waals surface area contributed by atoms with Crippen molar-refractivity contribution in [3.8, 4) is 22.3 Å². The second-order valence-electron chi connectivity index (χ2n) is 13.7. The van der Waals surface area contributed by atoms with Gasteiger partial charge in [-0.15, -0.1) is 0 Å². The fraction of sp³-hybridized carbons (Fsp3) is 0.238. The number of anilines is 2. The van der Waals surface area contributed by atoms with E-state index >= 15 is 0 Å². The lowest BCUT2D eigenvalue weighted by Gasteiger charge is -2.16. The number of carbonyl (C=O) groups is 2. The molecule has 59 heavy (non-hydrogen) atoms. The Kier molecular flexibility index (Phi) is 17.6. The highest BCUT2D eigenvalue weighted by Crippen LogP contribution is 2.31. The molecule has 2 atom stereocenters. The Labute approximate surface area is 362 Å². The summed E-state index contributed by atoms with van der Waals surface area (Å²) in [5, 5.41) is 38.7. The summed E-state index contributed by atoms with van der Waals surface area (Å²) in [6.45, 7) is 7.75. The minimum absolute atomic E-state index is 0.0552. The zero-order chi connectivity index (χ0) is 43.2. The summed E-state index contributed by atoms with van der Waals surface area (Å²) in [6.07, 6.45) is 6.46. The first-order valence-electron chi connectivity index (χ1n) is 18.3. The van der Waals surface area contributed by atoms with Crippen LogP contribution < -0.4 is 21.7 Å². The molecule has 17 heteroatoms. The number of nitrogens with two attached hydrogens (primary N) is 1. The monoisotopic (exact) mass is 882 g/mol. The van der Waals surface area contributed by atoms with E-state index in [0.29, 0.717) is 37.4 Å². The fourth-order valence-corrected chi connectivity index (χ4v) is 6.28. The maximum Gasteiger partial charge on any atom is 0.352 e. The highest BCUT2D eigenvalue weighted by atomic mass is 35.5. The van der Waals surface area contributed by atoms with Crippen molar-refractivity contribution in [3.05, 3.63) is 140 Å². The second-order valence-corrected chi connectivity index (χ2v) is 15.4. The van der Waals surface area contributed by atoms with Gasteiger partial charge in [0.25, 0.3) is 5.91 Å². The number of pyridine rings is 2. The third kappa shape index (κ3) is 14.0. The molecule has 1 amide bonds. The summed E-state index contributed by atoms with van der Waals surface area (Å²) in [5.74, 6) is 0.0540. The zero-order valence-electron chi connectivity index (χ0n) is 32.6. The summed E-state index contributed by atoms with van der Waals surface area (Å²) < 4.78 is 0. The maximum atomic E-state index is 12.7. The van der Waals surface area contributed by atoms with Crippen molar-refractivity contribution in [3.63, 3.8) is 0 Å². The third-order valence-corrected chi connectivity index (χ3v) is 9.33. The molecule has 13 nitrogen and oxygen atoms in total. The Morgan fingerprint density at radius 2 is 1.17 bits per heavy atom. The molecule has 0 aliphatic rings. The summed E-state index contributed by atoms with van der Waals surface area (Å²) in [4.78, 5) is 37.6. The van der Waals surface area contributed by atoms with Gasteiger partial charge in [0.1, 0.15) is 23.0 Å². The molecule has 0 aliphatic carbocycles. The lowest BCUT2D eigenvalue weighted by Crippen LogP contribution is -2.31. The van der Waals surface area contributed by atoms with E-state index in [9.17, 15) is 14.7 Å². The quantitative estimate of drug-likeness (QED) is 0.0536. The van der Waals surface area contributed by atoms with Gasteiger partial charge in [-0.1, -0.05) is 70.7 Å². The van der Waals surface area contributed by atoms with Gasteiger partial charge in [0, 0.05) is 69.2 Å². The van der Waals surface area contributed by atoms with Crippen molar-refractivity contribution in [2.24, 2.45) is 5.73 Å². The maximum absolute atomic E-state index is 12.7. The van der Waals surface area contributed by atoms with Crippen LogP contribution in [-0.4, -0.2) is 72.4 Å². The number of aromatic nitrogens is 4. The van der Waals surface area contributed by atoms with Crippen LogP contribution in [0.2, 0.25) is 20.1 Å². The van der Waals surface area contributed by atoms with E-state index in [0.717, 1.165) is 33.4 Å². The minimum atomic E-state index is -1.00. The fourth-order valence-electron chi connectivity index (χ4n) is 5.46. The highest BCUT2D eigenvalue weighted by molar-refractivity contribution is 6.33. The predicted molar refractivity (Wildman–Crippen MR) is 237 cm³/mol. The Morgan fingerprint density at radius 3 is 1.61 bits per heavy atom. The number of rotatable bonds is 13. The van der Waals surface area contributed by atoms with Gasteiger partial charge < -0.3 is 47.0 Å². The largest absolute Gasteiger partial charge is 0.477 e. The summed E-state index contributed by atoms with van der Waals surface area (Å²) >= 11 is 24.1. The Bertz CT molecular complexity index is 2320. The van der Waals surface area contributed by atoms with Gasteiger partial charge in [-0.2, -0.15) is 0 Å². The average molecular weight is 885 g/mol. The number of carboxylic acid groups (broad SMARTS) is 1. The first-order chi connectivity index (χ1) is 28.1. The number of aromatic carboxylic acids is 1. The number of hydrogen-bond acceptors (Lipinski definition) is 9. The van der Waals surface area contributed by atoms with Crippen LogP contribution >= 0.6 is 46.4 Å². The van der Waals surface area contributed by atoms with Gasteiger partial charge in [-0.25, -0.2) is 14.8 Å². The molecule has 0 saturated carbocycles. The number of aliphatic hydroxyl groups is 2. The number of nitrogens with zero attached hydrogens (tertiary/aromatic N) is 2. The number of carbonyl (C=O) groups excluding carboxylic acids is 1. The standard InChI is InChI=1S/C21H22Cl2N4O2.C13H14ClN3O2.C8H10ClNO/c1-12(2)26-20-8-16(17(23)10-25-20)14-7-18(24-9-14)21(29)27-19(11-28)13-4-3-5-15(22)6-13;1-7(2)17-12-4-9(10(14)6-16-12)8-3-11(13(18)19)15-5-8;9-7-3-1-2-6(4-7)8(10)5-11/h3-10,12,19,24,28H,11H2,1-2H3,(H,25,26)(H,27,29);3-7,15H,1-2H3,(H,16,17)(H,18,19);1-4,8,11H,5,10H2/t19-;;8-/m1.1/s1. The molecule has 0 radical (unpaired) electrons. The summed E-state index contributed by atoms with van der Waals surface area (Å²) in [7, 11) is 0. The van der Waals surface area contributed by atoms with Gasteiger partial charge in [0.05, 0.1) is 35.3 Å². The normalized spacial score (nSPS) is 11.8. The van der Waals surface area contributed by atoms with Crippen molar-refractivity contribution in [1.82, 2.24) is 25.3 Å². The van der Waals surface area contributed by atoms with Crippen molar-refractivity contribution >= 4 is 69.9 Å². The van der Waals surface area contributed by atoms with Crippen molar-refractivity contribution in [2.75, 3.05) is 23.8 Å². The van der Waals surface area contributed by atoms with E-state index in [2.05, 4.69) is 35.9 Å². The van der Waals surface area contributed by atoms with Crippen LogP contribution in [0.3, 0.4) is 0 Å². The molecule has 4 aromatic heterocycles. The Balaban J connectivity index is 0.000000219. The molecule has 0 unspecified atom stereocenters. The van der Waals surface area contributed by atoms with E-state index in [4.69, 9.17) is 62.4 Å². The van der Waals surface area contributed by atoms with Crippen molar-refractivity contribution < 1.29 is 24.9 Å². The molecule has 2 aromatic carbocycles. The summed E-state index contributed by atoms with van der Waals surface area (Å²) in [6, 6.07) is 20.7. The van der Waals surface area contributed by atoms with E-state index in [1.165, 1.54) is 0 Å². The third-order valence-electron chi connectivity index (χ3n) is 8.26. The minimum Gasteiger partial charge on any atom is -0.477 e. The predicted octanol–water partition coefficient (Wildman–Crippen LogP) is 9.25. The molecule has 0 bridgehead atoms. The smallest absolute Gasteiger partial charge is 0.352 e. The number of nitrogens with one attached hydrogen (secondary N) is 5. The van der Waals surface area contributed by atoms with Gasteiger partial charge in [-0.05, 0) is 87.4 Å². The number of amides is 1. The molecule has 6 rings (SSSR count). The van der Waals surface area contributed by atoms with Crippen LogP contribution in [-0.2, 0) is 0 Å². The van der Waals surface area contributed by atoms with Crippen LogP contribution in [0.4, 0.5) is 11.6 Å². The summed E-state index contributed by atoms with van der Waals surface area (Å²) in [5.41, 5.74) is 10.6.